The lowest BCUT2D eigenvalue weighted by atomic mass is 9.96. The van der Waals surface area contributed by atoms with E-state index in [1.807, 2.05) is 12.3 Å². The Kier molecular flexibility index (Phi) is 3.27. The number of hydrogen-bond acceptors (Lipinski definition) is 1. The minimum absolute atomic E-state index is 0.645. The Morgan fingerprint density at radius 1 is 1.33 bits per heavy atom. The number of pyridine rings is 1. The molecule has 0 unspecified atom stereocenters. The first-order chi connectivity index (χ1) is 5.79. The van der Waals surface area contributed by atoms with Crippen molar-refractivity contribution < 1.29 is 0 Å². The quantitative estimate of drug-likeness (QED) is 0.666. The average molecular weight is 163 g/mol. The topological polar surface area (TPSA) is 12.9 Å². The standard InChI is InChI=1S/C11H17N/c1-4-10(5-2)11-9(3)7-6-8-12-11/h6-8,10H,4-5H2,1-3H3. The molecule has 0 radical (unpaired) electrons. The molecular formula is C11H17N. The summed E-state index contributed by atoms with van der Waals surface area (Å²) >= 11 is 0. The molecule has 0 amide bonds. The van der Waals surface area contributed by atoms with Gasteiger partial charge in [0.05, 0.1) is 0 Å². The van der Waals surface area contributed by atoms with Crippen LogP contribution in [0, 0.1) is 6.92 Å². The first-order valence-corrected chi connectivity index (χ1v) is 4.71. The van der Waals surface area contributed by atoms with Gasteiger partial charge >= 0.3 is 0 Å². The fourth-order valence-electron chi connectivity index (χ4n) is 1.60. The summed E-state index contributed by atoms with van der Waals surface area (Å²) in [5.74, 6) is 0.645. The van der Waals surface area contributed by atoms with Crippen molar-refractivity contribution in [3.63, 3.8) is 0 Å². The molecule has 0 atom stereocenters. The molecule has 1 rings (SSSR count). The van der Waals surface area contributed by atoms with E-state index in [0.717, 1.165) is 0 Å². The minimum atomic E-state index is 0.645. The molecule has 0 spiro atoms. The van der Waals surface area contributed by atoms with Crippen molar-refractivity contribution in [3.8, 4) is 0 Å². The van der Waals surface area contributed by atoms with Gasteiger partial charge < -0.3 is 0 Å². The Balaban J connectivity index is 2.92. The minimum Gasteiger partial charge on any atom is -0.261 e. The highest BCUT2D eigenvalue weighted by Gasteiger charge is 2.09. The summed E-state index contributed by atoms with van der Waals surface area (Å²) in [6.45, 7) is 6.59. The lowest BCUT2D eigenvalue weighted by Gasteiger charge is -2.13. The molecule has 1 heterocycles. The van der Waals surface area contributed by atoms with E-state index in [1.165, 1.54) is 24.1 Å². The van der Waals surface area contributed by atoms with Crippen molar-refractivity contribution >= 4 is 0 Å². The summed E-state index contributed by atoms with van der Waals surface area (Å²) < 4.78 is 0. The molecule has 1 heteroatoms. The molecule has 0 saturated heterocycles. The highest BCUT2D eigenvalue weighted by molar-refractivity contribution is 5.21. The third-order valence-corrected chi connectivity index (χ3v) is 2.42. The zero-order valence-corrected chi connectivity index (χ0v) is 8.17. The fraction of sp³-hybridized carbons (Fsp3) is 0.545. The van der Waals surface area contributed by atoms with Gasteiger partial charge in [-0.25, -0.2) is 0 Å². The van der Waals surface area contributed by atoms with Gasteiger partial charge in [0.25, 0.3) is 0 Å². The predicted octanol–water partition coefficient (Wildman–Crippen LogP) is 3.29. The second-order valence-electron chi connectivity index (χ2n) is 3.22. The molecule has 0 fully saturated rings. The van der Waals surface area contributed by atoms with Crippen molar-refractivity contribution in [2.45, 2.75) is 39.5 Å². The molecule has 1 aromatic rings. The lowest BCUT2D eigenvalue weighted by Crippen LogP contribution is -2.00. The van der Waals surface area contributed by atoms with Crippen LogP contribution in [0.3, 0.4) is 0 Å². The van der Waals surface area contributed by atoms with Crippen LogP contribution in [0.25, 0.3) is 0 Å². The number of hydrogen-bond donors (Lipinski definition) is 0. The molecular weight excluding hydrogens is 146 g/mol. The monoisotopic (exact) mass is 163 g/mol. The van der Waals surface area contributed by atoms with Crippen LogP contribution >= 0.6 is 0 Å². The Hall–Kier alpha value is -0.850. The largest absolute Gasteiger partial charge is 0.261 e. The zero-order valence-electron chi connectivity index (χ0n) is 8.17. The third-order valence-electron chi connectivity index (χ3n) is 2.42. The van der Waals surface area contributed by atoms with Crippen molar-refractivity contribution in [2.75, 3.05) is 0 Å². The first-order valence-electron chi connectivity index (χ1n) is 4.71. The van der Waals surface area contributed by atoms with Crippen LogP contribution in [0.5, 0.6) is 0 Å². The van der Waals surface area contributed by atoms with Gasteiger partial charge in [0, 0.05) is 17.8 Å². The van der Waals surface area contributed by atoms with Gasteiger partial charge in [-0.15, -0.1) is 0 Å². The van der Waals surface area contributed by atoms with E-state index in [0.29, 0.717) is 5.92 Å². The van der Waals surface area contributed by atoms with Crippen molar-refractivity contribution in [3.05, 3.63) is 29.6 Å². The van der Waals surface area contributed by atoms with Gasteiger partial charge in [0.2, 0.25) is 0 Å². The van der Waals surface area contributed by atoms with Crippen LogP contribution in [-0.4, -0.2) is 4.98 Å². The fourth-order valence-corrected chi connectivity index (χ4v) is 1.60. The molecule has 1 nitrogen and oxygen atoms in total. The summed E-state index contributed by atoms with van der Waals surface area (Å²) in [6, 6.07) is 4.14. The van der Waals surface area contributed by atoms with E-state index in [9.17, 15) is 0 Å². The summed E-state index contributed by atoms with van der Waals surface area (Å²) in [5, 5.41) is 0. The van der Waals surface area contributed by atoms with Crippen LogP contribution in [0.4, 0.5) is 0 Å². The van der Waals surface area contributed by atoms with Crippen LogP contribution in [0.1, 0.15) is 43.9 Å². The van der Waals surface area contributed by atoms with Crippen LogP contribution in [0.15, 0.2) is 18.3 Å². The Morgan fingerprint density at radius 3 is 2.50 bits per heavy atom. The number of aromatic nitrogens is 1. The van der Waals surface area contributed by atoms with E-state index in [2.05, 4.69) is 31.8 Å². The van der Waals surface area contributed by atoms with Crippen LogP contribution in [-0.2, 0) is 0 Å². The van der Waals surface area contributed by atoms with Gasteiger partial charge in [-0.1, -0.05) is 19.9 Å². The van der Waals surface area contributed by atoms with E-state index in [1.54, 1.807) is 0 Å². The maximum atomic E-state index is 4.42. The van der Waals surface area contributed by atoms with Crippen molar-refractivity contribution in [2.24, 2.45) is 0 Å². The van der Waals surface area contributed by atoms with E-state index < -0.39 is 0 Å². The Morgan fingerprint density at radius 2 is 2.00 bits per heavy atom. The summed E-state index contributed by atoms with van der Waals surface area (Å²) in [7, 11) is 0. The highest BCUT2D eigenvalue weighted by atomic mass is 14.7. The molecule has 0 N–H and O–H groups in total. The van der Waals surface area contributed by atoms with Crippen LogP contribution in [0.2, 0.25) is 0 Å². The molecule has 0 aliphatic carbocycles. The summed E-state index contributed by atoms with van der Waals surface area (Å²) in [5.41, 5.74) is 2.61. The predicted molar refractivity (Wildman–Crippen MR) is 52.3 cm³/mol. The molecule has 0 bridgehead atoms. The maximum absolute atomic E-state index is 4.42. The Bertz CT molecular complexity index is 239. The molecule has 0 aliphatic heterocycles. The molecule has 0 saturated carbocycles. The zero-order chi connectivity index (χ0) is 8.97. The van der Waals surface area contributed by atoms with Gasteiger partial charge in [-0.05, 0) is 31.4 Å². The van der Waals surface area contributed by atoms with Crippen molar-refractivity contribution in [1.29, 1.82) is 0 Å². The molecule has 1 aromatic heterocycles. The molecule has 12 heavy (non-hydrogen) atoms. The molecule has 66 valence electrons. The van der Waals surface area contributed by atoms with Gasteiger partial charge in [0.15, 0.2) is 0 Å². The third kappa shape index (κ3) is 1.84. The SMILES string of the molecule is CCC(CC)c1ncccc1C. The molecule has 0 aromatic carbocycles. The first kappa shape index (κ1) is 9.24. The lowest BCUT2D eigenvalue weighted by molar-refractivity contribution is 0.619. The Labute approximate surface area is 74.8 Å². The second kappa shape index (κ2) is 4.24. The summed E-state index contributed by atoms with van der Waals surface area (Å²) in [4.78, 5) is 4.42. The number of nitrogens with zero attached hydrogens (tertiary/aromatic N) is 1. The van der Waals surface area contributed by atoms with E-state index in [-0.39, 0.29) is 0 Å². The van der Waals surface area contributed by atoms with E-state index in [4.69, 9.17) is 0 Å². The van der Waals surface area contributed by atoms with Gasteiger partial charge in [0.1, 0.15) is 0 Å². The van der Waals surface area contributed by atoms with Crippen molar-refractivity contribution in [1.82, 2.24) is 4.98 Å². The smallest absolute Gasteiger partial charge is 0.0463 e. The highest BCUT2D eigenvalue weighted by Crippen LogP contribution is 2.23. The normalized spacial score (nSPS) is 10.7. The average Bonchev–Trinajstić information content (AvgIpc) is 2.10. The maximum Gasteiger partial charge on any atom is 0.0463 e. The van der Waals surface area contributed by atoms with Gasteiger partial charge in [-0.2, -0.15) is 0 Å². The number of rotatable bonds is 3. The van der Waals surface area contributed by atoms with E-state index >= 15 is 0 Å². The second-order valence-corrected chi connectivity index (χ2v) is 3.22. The van der Waals surface area contributed by atoms with Crippen LogP contribution < -0.4 is 0 Å². The summed E-state index contributed by atoms with van der Waals surface area (Å²) in [6.07, 6.45) is 4.27. The molecule has 0 aliphatic rings. The number of aryl methyl sites for hydroxylation is 1. The van der Waals surface area contributed by atoms with Gasteiger partial charge in [-0.3, -0.25) is 4.98 Å².